The van der Waals surface area contributed by atoms with Crippen LogP contribution in [0.2, 0.25) is 10.0 Å². The van der Waals surface area contributed by atoms with E-state index in [2.05, 4.69) is 10.3 Å². The molecule has 1 unspecified atom stereocenters. The second-order valence-corrected chi connectivity index (χ2v) is 7.24. The van der Waals surface area contributed by atoms with Gasteiger partial charge in [0.1, 0.15) is 6.54 Å². The van der Waals surface area contributed by atoms with E-state index in [1.54, 1.807) is 0 Å². The van der Waals surface area contributed by atoms with E-state index in [4.69, 9.17) is 23.2 Å². The smallest absolute Gasteiger partial charge is 0.261 e. The number of benzene rings is 2. The Hall–Kier alpha value is -2.37. The first-order valence-corrected chi connectivity index (χ1v) is 9.34. The van der Waals surface area contributed by atoms with Crippen LogP contribution in [0.15, 0.2) is 47.5 Å². The zero-order valence-corrected chi connectivity index (χ0v) is 16.5. The number of hydrogen-bond acceptors (Lipinski definition) is 3. The van der Waals surface area contributed by atoms with Crippen molar-refractivity contribution in [1.29, 1.82) is 0 Å². The fourth-order valence-electron chi connectivity index (χ4n) is 2.92. The van der Waals surface area contributed by atoms with Crippen molar-refractivity contribution >= 4 is 40.0 Å². The highest BCUT2D eigenvalue weighted by Crippen LogP contribution is 2.24. The van der Waals surface area contributed by atoms with Crippen LogP contribution < -0.4 is 10.9 Å². The summed E-state index contributed by atoms with van der Waals surface area (Å²) in [6.45, 7) is 3.88. The predicted octanol–water partition coefficient (Wildman–Crippen LogP) is 4.28. The van der Waals surface area contributed by atoms with Gasteiger partial charge in [-0.3, -0.25) is 14.2 Å². The first kappa shape index (κ1) is 19.4. The summed E-state index contributed by atoms with van der Waals surface area (Å²) in [6.07, 6.45) is 2.07. The average molecular weight is 404 g/mol. The summed E-state index contributed by atoms with van der Waals surface area (Å²) in [5.41, 5.74) is 2.20. The number of amides is 1. The summed E-state index contributed by atoms with van der Waals surface area (Å²) in [5, 5.41) is 3.90. The van der Waals surface area contributed by atoms with Crippen LogP contribution >= 0.6 is 23.2 Å². The fourth-order valence-corrected chi connectivity index (χ4v) is 3.46. The molecule has 27 heavy (non-hydrogen) atoms. The molecule has 5 nitrogen and oxygen atoms in total. The molecule has 3 aromatic rings. The maximum atomic E-state index is 12.7. The van der Waals surface area contributed by atoms with Crippen LogP contribution in [0.1, 0.15) is 30.5 Å². The van der Waals surface area contributed by atoms with Gasteiger partial charge >= 0.3 is 0 Å². The van der Waals surface area contributed by atoms with E-state index in [1.807, 2.05) is 38.1 Å². The highest BCUT2D eigenvalue weighted by molar-refractivity contribution is 6.38. The van der Waals surface area contributed by atoms with E-state index >= 15 is 0 Å². The van der Waals surface area contributed by atoms with Crippen molar-refractivity contribution in [2.75, 3.05) is 0 Å². The van der Waals surface area contributed by atoms with Crippen molar-refractivity contribution in [3.63, 3.8) is 0 Å². The second kappa shape index (κ2) is 8.11. The minimum Gasteiger partial charge on any atom is -0.348 e. The molecule has 1 amide bonds. The van der Waals surface area contributed by atoms with Gasteiger partial charge in [-0.25, -0.2) is 4.98 Å². The maximum absolute atomic E-state index is 12.7. The molecule has 1 N–H and O–H groups in total. The first-order valence-electron chi connectivity index (χ1n) is 8.59. The van der Waals surface area contributed by atoms with Gasteiger partial charge < -0.3 is 5.32 Å². The van der Waals surface area contributed by atoms with E-state index in [1.165, 1.54) is 23.0 Å². The summed E-state index contributed by atoms with van der Waals surface area (Å²) in [7, 11) is 0. The van der Waals surface area contributed by atoms with E-state index in [0.29, 0.717) is 15.6 Å². The number of carbonyl (C=O) groups excluding carboxylic acids is 1. The van der Waals surface area contributed by atoms with Gasteiger partial charge in [0.25, 0.3) is 5.56 Å². The lowest BCUT2D eigenvalue weighted by atomic mass is 10.0. The van der Waals surface area contributed by atoms with Gasteiger partial charge in [-0.05, 0) is 31.0 Å². The highest BCUT2D eigenvalue weighted by Gasteiger charge is 2.15. The molecule has 0 bridgehead atoms. The van der Waals surface area contributed by atoms with Crippen molar-refractivity contribution in [3.05, 3.63) is 74.3 Å². The minimum absolute atomic E-state index is 0.119. The molecule has 0 saturated heterocycles. The van der Waals surface area contributed by atoms with Gasteiger partial charge in [0.15, 0.2) is 0 Å². The molecule has 0 aliphatic heterocycles. The Morgan fingerprint density at radius 3 is 2.59 bits per heavy atom. The number of aromatic nitrogens is 2. The van der Waals surface area contributed by atoms with Crippen molar-refractivity contribution in [3.8, 4) is 0 Å². The molecule has 0 fully saturated rings. The number of fused-ring (bicyclic) bond motifs is 1. The maximum Gasteiger partial charge on any atom is 0.261 e. The quantitative estimate of drug-likeness (QED) is 0.691. The number of aryl methyl sites for hydroxylation is 1. The monoisotopic (exact) mass is 403 g/mol. The van der Waals surface area contributed by atoms with E-state index in [9.17, 15) is 9.59 Å². The van der Waals surface area contributed by atoms with Crippen molar-refractivity contribution < 1.29 is 4.79 Å². The van der Waals surface area contributed by atoms with Crippen molar-refractivity contribution in [2.24, 2.45) is 0 Å². The van der Waals surface area contributed by atoms with Crippen molar-refractivity contribution in [2.45, 2.75) is 32.9 Å². The van der Waals surface area contributed by atoms with Crippen molar-refractivity contribution in [1.82, 2.24) is 14.9 Å². The predicted molar refractivity (Wildman–Crippen MR) is 108 cm³/mol. The molecule has 0 spiro atoms. The topological polar surface area (TPSA) is 64.0 Å². The van der Waals surface area contributed by atoms with Gasteiger partial charge in [-0.2, -0.15) is 0 Å². The van der Waals surface area contributed by atoms with Gasteiger partial charge in [-0.15, -0.1) is 0 Å². The normalized spacial score (nSPS) is 12.1. The molecule has 140 valence electrons. The molecule has 2 aromatic carbocycles. The number of rotatable bonds is 5. The molecule has 7 heteroatoms. The van der Waals surface area contributed by atoms with Crippen LogP contribution in [0.4, 0.5) is 0 Å². The lowest BCUT2D eigenvalue weighted by molar-refractivity contribution is -0.122. The summed E-state index contributed by atoms with van der Waals surface area (Å²) in [4.78, 5) is 29.3. The Kier molecular flexibility index (Phi) is 5.82. The van der Waals surface area contributed by atoms with Crippen LogP contribution in [0.5, 0.6) is 0 Å². The number of nitrogens with zero attached hydrogens (tertiary/aromatic N) is 2. The van der Waals surface area contributed by atoms with Crippen LogP contribution in [0.25, 0.3) is 10.9 Å². The van der Waals surface area contributed by atoms with E-state index in [0.717, 1.165) is 17.5 Å². The van der Waals surface area contributed by atoms with Crippen LogP contribution in [-0.4, -0.2) is 15.5 Å². The third-order valence-electron chi connectivity index (χ3n) is 4.38. The Morgan fingerprint density at radius 2 is 1.93 bits per heavy atom. The average Bonchev–Trinajstić information content (AvgIpc) is 2.63. The number of hydrogen-bond donors (Lipinski definition) is 1. The third-order valence-corrected chi connectivity index (χ3v) is 4.89. The molecular weight excluding hydrogens is 385 g/mol. The van der Waals surface area contributed by atoms with E-state index in [-0.39, 0.29) is 29.4 Å². The Morgan fingerprint density at radius 1 is 1.22 bits per heavy atom. The lowest BCUT2D eigenvalue weighted by Crippen LogP contribution is -2.34. The van der Waals surface area contributed by atoms with Gasteiger partial charge in [0.05, 0.1) is 28.3 Å². The second-order valence-electron chi connectivity index (χ2n) is 6.40. The molecule has 0 aliphatic rings. The van der Waals surface area contributed by atoms with Gasteiger partial charge in [-0.1, -0.05) is 60.0 Å². The number of halogens is 2. The number of nitrogens with one attached hydrogen (secondary N) is 1. The Bertz CT molecular complexity index is 1050. The lowest BCUT2D eigenvalue weighted by Gasteiger charge is -2.18. The van der Waals surface area contributed by atoms with Crippen LogP contribution in [-0.2, 0) is 11.3 Å². The molecular formula is C20H19Cl2N3O2. The largest absolute Gasteiger partial charge is 0.348 e. The molecule has 0 saturated carbocycles. The highest BCUT2D eigenvalue weighted by atomic mass is 35.5. The van der Waals surface area contributed by atoms with Gasteiger partial charge in [0.2, 0.25) is 5.91 Å². The molecule has 3 rings (SSSR count). The molecule has 0 aliphatic carbocycles. The van der Waals surface area contributed by atoms with E-state index < -0.39 is 0 Å². The summed E-state index contributed by atoms with van der Waals surface area (Å²) in [6, 6.07) is 10.9. The number of carbonyl (C=O) groups is 1. The van der Waals surface area contributed by atoms with Crippen LogP contribution in [0.3, 0.4) is 0 Å². The van der Waals surface area contributed by atoms with Crippen LogP contribution in [0, 0.1) is 6.92 Å². The summed E-state index contributed by atoms with van der Waals surface area (Å²) < 4.78 is 1.26. The summed E-state index contributed by atoms with van der Waals surface area (Å²) in [5.74, 6) is -0.265. The SMILES string of the molecule is CCC(NC(=O)Cn1cnc2c(Cl)cc(Cl)cc2c1=O)c1ccc(C)cc1. The zero-order chi connectivity index (χ0) is 19.6. The zero-order valence-electron chi connectivity index (χ0n) is 15.0. The molecule has 1 atom stereocenters. The molecule has 1 aromatic heterocycles. The Labute approximate surface area is 166 Å². The molecule has 0 radical (unpaired) electrons. The minimum atomic E-state index is -0.358. The Balaban J connectivity index is 1.82. The standard InChI is InChI=1S/C20H19Cl2N3O2/c1-3-17(13-6-4-12(2)5-7-13)24-18(26)10-25-11-23-19-15(20(25)27)8-14(21)9-16(19)22/h4-9,11,17H,3,10H2,1-2H3,(H,24,26). The first-order chi connectivity index (χ1) is 12.9. The fraction of sp³-hybridized carbons (Fsp3) is 0.250. The van der Waals surface area contributed by atoms with Gasteiger partial charge in [0, 0.05) is 5.02 Å². The summed E-state index contributed by atoms with van der Waals surface area (Å²) >= 11 is 12.1. The molecule has 1 heterocycles. The third kappa shape index (κ3) is 4.31.